The molecule has 1 aliphatic carbocycles. The first kappa shape index (κ1) is 33.6. The van der Waals surface area contributed by atoms with Gasteiger partial charge in [-0.2, -0.15) is 0 Å². The zero-order valence-electron chi connectivity index (χ0n) is 25.5. The average molecular weight is 641 g/mol. The van der Waals surface area contributed by atoms with Crippen LogP contribution in [0.3, 0.4) is 0 Å². The fraction of sp³-hybridized carbons (Fsp3) is 0.441. The summed E-state index contributed by atoms with van der Waals surface area (Å²) in [5.41, 5.74) is 2.89. The maximum atomic E-state index is 13.5. The summed E-state index contributed by atoms with van der Waals surface area (Å²) in [5.74, 6) is 1.96. The molecule has 0 atom stereocenters. The van der Waals surface area contributed by atoms with Gasteiger partial charge in [-0.05, 0) is 79.1 Å². The molecule has 0 bridgehead atoms. The van der Waals surface area contributed by atoms with Crippen molar-refractivity contribution in [1.29, 1.82) is 0 Å². The Morgan fingerprint density at radius 1 is 0.841 bits per heavy atom. The van der Waals surface area contributed by atoms with Gasteiger partial charge in [-0.25, -0.2) is 13.2 Å². The SMILES string of the molecule is CS(=O)(=O)Nc1ccc(Oc2ccc(CN3CCC(NC(=O)N(Cc4ccccc4)CC4CCCCC4)CC3)cc2)cc1.Cl. The molecule has 44 heavy (non-hydrogen) atoms. The number of hydrogen-bond donors (Lipinski definition) is 2. The lowest BCUT2D eigenvalue weighted by molar-refractivity contribution is 0.156. The molecule has 1 aliphatic heterocycles. The van der Waals surface area contributed by atoms with Gasteiger partial charge < -0.3 is 15.0 Å². The third-order valence-corrected chi connectivity index (χ3v) is 8.95. The molecule has 2 fully saturated rings. The molecule has 238 valence electrons. The molecular weight excluding hydrogens is 596 g/mol. The van der Waals surface area contributed by atoms with Crippen molar-refractivity contribution in [3.8, 4) is 11.5 Å². The van der Waals surface area contributed by atoms with Crippen LogP contribution < -0.4 is 14.8 Å². The zero-order chi connectivity index (χ0) is 30.1. The first-order chi connectivity index (χ1) is 20.8. The van der Waals surface area contributed by atoms with E-state index in [0.717, 1.165) is 51.0 Å². The minimum atomic E-state index is -3.31. The van der Waals surface area contributed by atoms with E-state index in [-0.39, 0.29) is 24.5 Å². The lowest BCUT2D eigenvalue weighted by Crippen LogP contribution is -2.50. The highest BCUT2D eigenvalue weighted by molar-refractivity contribution is 7.92. The Labute approximate surface area is 268 Å². The quantitative estimate of drug-likeness (QED) is 0.235. The van der Waals surface area contributed by atoms with Crippen LogP contribution in [-0.2, 0) is 23.1 Å². The largest absolute Gasteiger partial charge is 0.457 e. The Balaban J connectivity index is 0.00000442. The second-order valence-corrected chi connectivity index (χ2v) is 13.8. The van der Waals surface area contributed by atoms with Crippen LogP contribution >= 0.6 is 12.4 Å². The highest BCUT2D eigenvalue weighted by Crippen LogP contribution is 2.26. The molecule has 8 nitrogen and oxygen atoms in total. The molecule has 2 N–H and O–H groups in total. The van der Waals surface area contributed by atoms with Crippen LogP contribution in [0.4, 0.5) is 10.5 Å². The Kier molecular flexibility index (Phi) is 12.3. The number of halogens is 1. The summed E-state index contributed by atoms with van der Waals surface area (Å²) >= 11 is 0. The second-order valence-electron chi connectivity index (χ2n) is 12.0. The van der Waals surface area contributed by atoms with Crippen LogP contribution in [0.25, 0.3) is 0 Å². The Bertz CT molecular complexity index is 1410. The Morgan fingerprint density at radius 3 is 2.07 bits per heavy atom. The van der Waals surface area contributed by atoms with E-state index in [0.29, 0.717) is 23.9 Å². The van der Waals surface area contributed by atoms with Gasteiger partial charge in [0.1, 0.15) is 11.5 Å². The van der Waals surface area contributed by atoms with E-state index < -0.39 is 10.0 Å². The number of urea groups is 1. The van der Waals surface area contributed by atoms with E-state index in [1.54, 1.807) is 24.3 Å². The number of nitrogens with zero attached hydrogens (tertiary/aromatic N) is 2. The lowest BCUT2D eigenvalue weighted by atomic mass is 9.89. The smallest absolute Gasteiger partial charge is 0.317 e. The van der Waals surface area contributed by atoms with Crippen molar-refractivity contribution in [2.24, 2.45) is 5.92 Å². The standard InChI is InChI=1S/C34H44N4O4S.ClH/c1-43(40,41)36-31-14-18-33(19-15-31)42-32-16-12-29(13-17-32)24-37-22-20-30(21-23-37)35-34(39)38(25-27-8-4-2-5-9-27)26-28-10-6-3-7-11-28;/h2,4-5,8-9,12-19,28,30,36H,3,6-7,10-11,20-26H2,1H3,(H,35,39);1H. The van der Waals surface area contributed by atoms with E-state index in [9.17, 15) is 13.2 Å². The van der Waals surface area contributed by atoms with Gasteiger partial charge in [0.05, 0.1) is 6.26 Å². The summed E-state index contributed by atoms with van der Waals surface area (Å²) in [6.45, 7) is 4.24. The molecule has 3 aromatic rings. The van der Waals surface area contributed by atoms with E-state index in [2.05, 4.69) is 39.2 Å². The molecule has 0 spiro atoms. The molecule has 3 aromatic carbocycles. The summed E-state index contributed by atoms with van der Waals surface area (Å²) in [4.78, 5) is 17.9. The third-order valence-electron chi connectivity index (χ3n) is 8.34. The van der Waals surface area contributed by atoms with Crippen LogP contribution in [0.15, 0.2) is 78.9 Å². The fourth-order valence-corrected chi connectivity index (χ4v) is 6.63. The topological polar surface area (TPSA) is 91.0 Å². The minimum absolute atomic E-state index is 0. The van der Waals surface area contributed by atoms with Gasteiger partial charge >= 0.3 is 6.03 Å². The van der Waals surface area contributed by atoms with Gasteiger partial charge in [-0.3, -0.25) is 9.62 Å². The molecular formula is C34H45ClN4O4S. The van der Waals surface area contributed by atoms with Gasteiger partial charge in [0.15, 0.2) is 0 Å². The van der Waals surface area contributed by atoms with Crippen LogP contribution in [0.5, 0.6) is 11.5 Å². The molecule has 0 aromatic heterocycles. The number of piperidine rings is 1. The predicted octanol–water partition coefficient (Wildman–Crippen LogP) is 7.03. The van der Waals surface area contributed by atoms with Gasteiger partial charge in [0.2, 0.25) is 10.0 Å². The van der Waals surface area contributed by atoms with Gasteiger partial charge in [-0.1, -0.05) is 61.7 Å². The number of anilines is 1. The summed E-state index contributed by atoms with van der Waals surface area (Å²) in [6.07, 6.45) is 9.34. The van der Waals surface area contributed by atoms with Crippen molar-refractivity contribution in [2.75, 3.05) is 30.6 Å². The molecule has 5 rings (SSSR count). The predicted molar refractivity (Wildman–Crippen MR) is 179 cm³/mol. The molecule has 2 amide bonds. The number of hydrogen-bond acceptors (Lipinski definition) is 5. The van der Waals surface area contributed by atoms with E-state index in [1.807, 2.05) is 35.2 Å². The normalized spacial score (nSPS) is 16.5. The van der Waals surface area contributed by atoms with Crippen molar-refractivity contribution < 1.29 is 17.9 Å². The summed E-state index contributed by atoms with van der Waals surface area (Å²) in [7, 11) is -3.31. The zero-order valence-corrected chi connectivity index (χ0v) is 27.1. The summed E-state index contributed by atoms with van der Waals surface area (Å²) in [5, 5.41) is 3.37. The highest BCUT2D eigenvalue weighted by atomic mass is 35.5. The first-order valence-electron chi connectivity index (χ1n) is 15.5. The van der Waals surface area contributed by atoms with Crippen LogP contribution in [-0.4, -0.2) is 56.2 Å². The van der Waals surface area contributed by atoms with Crippen LogP contribution in [0.2, 0.25) is 0 Å². The van der Waals surface area contributed by atoms with Gasteiger partial charge in [0, 0.05) is 44.5 Å². The van der Waals surface area contributed by atoms with E-state index in [1.165, 1.54) is 43.2 Å². The van der Waals surface area contributed by atoms with E-state index >= 15 is 0 Å². The number of carbonyl (C=O) groups excluding carboxylic acids is 1. The molecule has 10 heteroatoms. The van der Waals surface area contributed by atoms with Crippen molar-refractivity contribution in [1.82, 2.24) is 15.1 Å². The van der Waals surface area contributed by atoms with Crippen molar-refractivity contribution in [3.63, 3.8) is 0 Å². The molecule has 2 aliphatic rings. The van der Waals surface area contributed by atoms with E-state index in [4.69, 9.17) is 4.74 Å². The number of rotatable bonds is 11. The third kappa shape index (κ3) is 10.7. The number of amides is 2. The number of sulfonamides is 1. The lowest BCUT2D eigenvalue weighted by Gasteiger charge is -2.35. The molecule has 1 saturated heterocycles. The Morgan fingerprint density at radius 2 is 1.45 bits per heavy atom. The van der Waals surface area contributed by atoms with Gasteiger partial charge in [0.25, 0.3) is 0 Å². The molecule has 1 heterocycles. The number of ether oxygens (including phenoxy) is 1. The second kappa shape index (κ2) is 16.2. The number of nitrogens with one attached hydrogen (secondary N) is 2. The first-order valence-corrected chi connectivity index (χ1v) is 17.3. The number of likely N-dealkylation sites (tertiary alicyclic amines) is 1. The number of carbonyl (C=O) groups is 1. The van der Waals surface area contributed by atoms with Crippen LogP contribution in [0.1, 0.15) is 56.1 Å². The summed E-state index contributed by atoms with van der Waals surface area (Å²) < 4.78 is 31.2. The van der Waals surface area contributed by atoms with Crippen LogP contribution in [0, 0.1) is 5.92 Å². The highest BCUT2D eigenvalue weighted by Gasteiger charge is 2.25. The van der Waals surface area contributed by atoms with Gasteiger partial charge in [-0.15, -0.1) is 12.4 Å². The minimum Gasteiger partial charge on any atom is -0.457 e. The average Bonchev–Trinajstić information content (AvgIpc) is 3.00. The fourth-order valence-electron chi connectivity index (χ4n) is 6.07. The number of benzene rings is 3. The van der Waals surface area contributed by atoms with Crippen molar-refractivity contribution >= 4 is 34.1 Å². The molecule has 1 saturated carbocycles. The summed E-state index contributed by atoms with van der Waals surface area (Å²) in [6, 6.07) is 25.5. The maximum absolute atomic E-state index is 13.5. The maximum Gasteiger partial charge on any atom is 0.317 e. The Hall–Kier alpha value is -3.27. The molecule has 0 radical (unpaired) electrons. The monoisotopic (exact) mass is 640 g/mol. The van der Waals surface area contributed by atoms with Crippen molar-refractivity contribution in [2.45, 2.75) is 64.1 Å². The molecule has 0 unspecified atom stereocenters. The van der Waals surface area contributed by atoms with Crippen molar-refractivity contribution in [3.05, 3.63) is 90.0 Å².